The molecule has 7 nitrogen and oxygen atoms in total. The number of amides is 3. The fourth-order valence-electron chi connectivity index (χ4n) is 3.50. The summed E-state index contributed by atoms with van der Waals surface area (Å²) in [6.45, 7) is 0.564. The van der Waals surface area contributed by atoms with Crippen LogP contribution in [-0.4, -0.2) is 46.3 Å². The highest BCUT2D eigenvalue weighted by atomic mass is 16.2. The van der Waals surface area contributed by atoms with E-state index in [4.69, 9.17) is 0 Å². The lowest BCUT2D eigenvalue weighted by molar-refractivity contribution is -0.132. The quantitative estimate of drug-likeness (QED) is 0.896. The minimum absolute atomic E-state index is 0.00347. The van der Waals surface area contributed by atoms with Gasteiger partial charge < -0.3 is 10.2 Å². The van der Waals surface area contributed by atoms with E-state index in [-0.39, 0.29) is 18.0 Å². The van der Waals surface area contributed by atoms with E-state index in [0.29, 0.717) is 25.4 Å². The molecular weight excluding hydrogens is 294 g/mol. The third kappa shape index (κ3) is 3.83. The summed E-state index contributed by atoms with van der Waals surface area (Å²) in [6, 6.07) is 2.00. The average molecular weight is 319 g/mol. The van der Waals surface area contributed by atoms with Gasteiger partial charge >= 0.3 is 6.03 Å². The zero-order chi connectivity index (χ0) is 16.2. The molecule has 1 unspecified atom stereocenters. The van der Waals surface area contributed by atoms with Crippen molar-refractivity contribution < 1.29 is 9.59 Å². The lowest BCUT2D eigenvalue weighted by Crippen LogP contribution is -2.49. The van der Waals surface area contributed by atoms with Crippen molar-refractivity contribution in [1.82, 2.24) is 20.0 Å². The molecule has 0 spiro atoms. The molecule has 2 N–H and O–H groups in total. The fourth-order valence-corrected chi connectivity index (χ4v) is 3.50. The molecular formula is C16H25N5O2. The van der Waals surface area contributed by atoms with Crippen molar-refractivity contribution in [1.29, 1.82) is 0 Å². The highest BCUT2D eigenvalue weighted by Gasteiger charge is 2.25. The minimum Gasteiger partial charge on any atom is -0.344 e. The third-order valence-electron chi connectivity index (χ3n) is 4.79. The number of hydrogen-bond donors (Lipinski definition) is 2. The van der Waals surface area contributed by atoms with Gasteiger partial charge in [0.05, 0.1) is 12.2 Å². The Hall–Kier alpha value is -2.05. The van der Waals surface area contributed by atoms with Gasteiger partial charge in [0.1, 0.15) is 5.82 Å². The highest BCUT2D eigenvalue weighted by molar-refractivity contribution is 5.88. The van der Waals surface area contributed by atoms with Crippen LogP contribution in [0.15, 0.2) is 12.3 Å². The van der Waals surface area contributed by atoms with E-state index in [9.17, 15) is 9.59 Å². The summed E-state index contributed by atoms with van der Waals surface area (Å²) in [6.07, 6.45) is 8.88. The van der Waals surface area contributed by atoms with Crippen LogP contribution in [0.2, 0.25) is 0 Å². The van der Waals surface area contributed by atoms with Crippen LogP contribution in [0.1, 0.15) is 51.0 Å². The second-order valence-corrected chi connectivity index (χ2v) is 6.56. The van der Waals surface area contributed by atoms with Crippen molar-refractivity contribution >= 4 is 17.8 Å². The highest BCUT2D eigenvalue weighted by Crippen LogP contribution is 2.29. The maximum absolute atomic E-state index is 12.2. The molecule has 3 rings (SSSR count). The summed E-state index contributed by atoms with van der Waals surface area (Å²) >= 11 is 0. The molecule has 1 aliphatic heterocycles. The standard InChI is InChI=1S/C16H25N5O2/c1-20-11-12(7-8-15(20)22)18-16(23)19-14-9-10-17-21(14)13-5-3-2-4-6-13/h9-10,12-13H,2-8,11H2,1H3,(H2,18,19,23). The molecule has 0 bridgehead atoms. The van der Waals surface area contributed by atoms with Crippen LogP contribution in [0.5, 0.6) is 0 Å². The Kier molecular flexibility index (Phi) is 4.83. The number of likely N-dealkylation sites (N-methyl/N-ethyl adjacent to an activating group) is 1. The largest absolute Gasteiger partial charge is 0.344 e. The van der Waals surface area contributed by atoms with Gasteiger partial charge in [-0.1, -0.05) is 19.3 Å². The summed E-state index contributed by atoms with van der Waals surface area (Å²) in [5, 5.41) is 10.2. The van der Waals surface area contributed by atoms with Crippen LogP contribution >= 0.6 is 0 Å². The fraction of sp³-hybridized carbons (Fsp3) is 0.688. The second kappa shape index (κ2) is 7.02. The van der Waals surface area contributed by atoms with E-state index in [0.717, 1.165) is 18.7 Å². The summed E-state index contributed by atoms with van der Waals surface area (Å²) < 4.78 is 1.94. The number of likely N-dealkylation sites (tertiary alicyclic amines) is 1. The van der Waals surface area contributed by atoms with Crippen LogP contribution in [0, 0.1) is 0 Å². The number of piperidine rings is 1. The molecule has 126 valence electrons. The number of rotatable bonds is 3. The van der Waals surface area contributed by atoms with E-state index in [1.165, 1.54) is 19.3 Å². The van der Waals surface area contributed by atoms with E-state index >= 15 is 0 Å². The zero-order valence-corrected chi connectivity index (χ0v) is 13.6. The first kappa shape index (κ1) is 15.8. The van der Waals surface area contributed by atoms with E-state index in [1.54, 1.807) is 18.1 Å². The Balaban J connectivity index is 1.56. The molecule has 7 heteroatoms. The smallest absolute Gasteiger partial charge is 0.320 e. The van der Waals surface area contributed by atoms with Crippen molar-refractivity contribution in [2.75, 3.05) is 18.9 Å². The van der Waals surface area contributed by atoms with E-state index in [1.807, 2.05) is 10.7 Å². The van der Waals surface area contributed by atoms with Gasteiger partial charge in [0.2, 0.25) is 5.91 Å². The number of anilines is 1. The van der Waals surface area contributed by atoms with E-state index in [2.05, 4.69) is 15.7 Å². The maximum atomic E-state index is 12.2. The number of carbonyl (C=O) groups excluding carboxylic acids is 2. The molecule has 2 fully saturated rings. The molecule has 3 amide bonds. The van der Waals surface area contributed by atoms with Crippen LogP contribution < -0.4 is 10.6 Å². The third-order valence-corrected chi connectivity index (χ3v) is 4.79. The van der Waals surface area contributed by atoms with Gasteiger partial charge in [-0.15, -0.1) is 0 Å². The van der Waals surface area contributed by atoms with Gasteiger partial charge in [0.15, 0.2) is 0 Å². The number of nitrogens with zero attached hydrogens (tertiary/aromatic N) is 3. The number of carbonyl (C=O) groups is 2. The number of nitrogens with one attached hydrogen (secondary N) is 2. The first-order valence-corrected chi connectivity index (χ1v) is 8.48. The molecule has 1 atom stereocenters. The Morgan fingerprint density at radius 3 is 2.78 bits per heavy atom. The van der Waals surface area contributed by atoms with Crippen LogP contribution in [0.3, 0.4) is 0 Å². The van der Waals surface area contributed by atoms with Crippen LogP contribution in [-0.2, 0) is 4.79 Å². The second-order valence-electron chi connectivity index (χ2n) is 6.56. The lowest BCUT2D eigenvalue weighted by atomic mass is 9.96. The predicted molar refractivity (Wildman–Crippen MR) is 87.2 cm³/mol. The monoisotopic (exact) mass is 319 g/mol. The molecule has 2 aliphatic rings. The molecule has 1 saturated carbocycles. The Bertz CT molecular complexity index is 565. The van der Waals surface area contributed by atoms with Gasteiger partial charge in [0, 0.05) is 32.1 Å². The molecule has 1 aromatic rings. The van der Waals surface area contributed by atoms with Crippen LogP contribution in [0.4, 0.5) is 10.6 Å². The Morgan fingerprint density at radius 2 is 2.04 bits per heavy atom. The van der Waals surface area contributed by atoms with Crippen LogP contribution in [0.25, 0.3) is 0 Å². The topological polar surface area (TPSA) is 79.3 Å². The number of aromatic nitrogens is 2. The van der Waals surface area contributed by atoms with Crippen molar-refractivity contribution in [3.63, 3.8) is 0 Å². The van der Waals surface area contributed by atoms with Crippen molar-refractivity contribution in [2.45, 2.75) is 57.0 Å². The number of hydrogen-bond acceptors (Lipinski definition) is 3. The maximum Gasteiger partial charge on any atom is 0.320 e. The van der Waals surface area contributed by atoms with Crippen molar-refractivity contribution in [3.05, 3.63) is 12.3 Å². The van der Waals surface area contributed by atoms with E-state index < -0.39 is 0 Å². The Labute approximate surface area is 136 Å². The molecule has 1 aliphatic carbocycles. The molecule has 0 aromatic carbocycles. The SMILES string of the molecule is CN1CC(NC(=O)Nc2ccnn2C2CCCCC2)CCC1=O. The molecule has 2 heterocycles. The summed E-state index contributed by atoms with van der Waals surface area (Å²) in [7, 11) is 1.77. The Morgan fingerprint density at radius 1 is 1.26 bits per heavy atom. The molecule has 0 radical (unpaired) electrons. The van der Waals surface area contributed by atoms with Crippen molar-refractivity contribution in [3.8, 4) is 0 Å². The predicted octanol–water partition coefficient (Wildman–Crippen LogP) is 2.13. The molecule has 23 heavy (non-hydrogen) atoms. The first-order chi connectivity index (χ1) is 11.1. The van der Waals surface area contributed by atoms with Gasteiger partial charge in [-0.3, -0.25) is 10.1 Å². The van der Waals surface area contributed by atoms with Gasteiger partial charge in [-0.25, -0.2) is 9.48 Å². The minimum atomic E-state index is -0.227. The summed E-state index contributed by atoms with van der Waals surface area (Å²) in [5.74, 6) is 0.883. The summed E-state index contributed by atoms with van der Waals surface area (Å²) in [4.78, 5) is 25.4. The number of urea groups is 1. The normalized spacial score (nSPS) is 22.9. The van der Waals surface area contributed by atoms with Gasteiger partial charge in [-0.05, 0) is 19.3 Å². The molecule has 1 saturated heterocycles. The van der Waals surface area contributed by atoms with Crippen molar-refractivity contribution in [2.24, 2.45) is 0 Å². The first-order valence-electron chi connectivity index (χ1n) is 8.48. The summed E-state index contributed by atoms with van der Waals surface area (Å²) in [5.41, 5.74) is 0. The van der Waals surface area contributed by atoms with Gasteiger partial charge in [-0.2, -0.15) is 5.10 Å². The lowest BCUT2D eigenvalue weighted by Gasteiger charge is -2.30. The average Bonchev–Trinajstić information content (AvgIpc) is 3.00. The zero-order valence-electron chi connectivity index (χ0n) is 13.6. The molecule has 1 aromatic heterocycles. The van der Waals surface area contributed by atoms with Gasteiger partial charge in [0.25, 0.3) is 0 Å².